The summed E-state index contributed by atoms with van der Waals surface area (Å²) in [6.45, 7) is 2.20. The van der Waals surface area contributed by atoms with Crippen LogP contribution in [0.3, 0.4) is 0 Å². The molecule has 0 fully saturated rings. The topological polar surface area (TPSA) is 47.3 Å². The lowest BCUT2D eigenvalue weighted by atomic mass is 10.2. The maximum Gasteiger partial charge on any atom is 0.142 e. The smallest absolute Gasteiger partial charge is 0.142 e. The van der Waals surface area contributed by atoms with Crippen molar-refractivity contribution in [1.82, 2.24) is 0 Å². The number of anilines is 1. The van der Waals surface area contributed by atoms with Crippen molar-refractivity contribution in [1.29, 1.82) is 0 Å². The molecule has 3 nitrogen and oxygen atoms in total. The first-order chi connectivity index (χ1) is 5.90. The van der Waals surface area contributed by atoms with Crippen molar-refractivity contribution in [3.05, 3.63) is 23.8 Å². The van der Waals surface area contributed by atoms with Gasteiger partial charge in [0.05, 0.1) is 5.69 Å². The van der Waals surface area contributed by atoms with E-state index in [0.717, 1.165) is 30.2 Å². The Labute approximate surface area is 71.5 Å². The Morgan fingerprint density at radius 1 is 1.50 bits per heavy atom. The minimum atomic E-state index is 0.578. The van der Waals surface area contributed by atoms with E-state index >= 15 is 0 Å². The first-order valence-corrected chi connectivity index (χ1v) is 4.10. The maximum absolute atomic E-state index is 5.51. The molecule has 1 aliphatic rings. The second-order valence-electron chi connectivity index (χ2n) is 2.81. The molecule has 0 aliphatic carbocycles. The van der Waals surface area contributed by atoms with Gasteiger partial charge in [-0.05, 0) is 17.7 Å². The molecular weight excluding hydrogens is 152 g/mol. The summed E-state index contributed by atoms with van der Waals surface area (Å²) in [6.07, 6.45) is 0. The summed E-state index contributed by atoms with van der Waals surface area (Å²) < 4.78 is 5.42. The van der Waals surface area contributed by atoms with Gasteiger partial charge in [0.15, 0.2) is 0 Å². The lowest BCUT2D eigenvalue weighted by Gasteiger charge is -2.19. The second kappa shape index (κ2) is 3.03. The van der Waals surface area contributed by atoms with E-state index < -0.39 is 0 Å². The van der Waals surface area contributed by atoms with E-state index in [9.17, 15) is 0 Å². The highest BCUT2D eigenvalue weighted by Crippen LogP contribution is 2.27. The lowest BCUT2D eigenvalue weighted by molar-refractivity contribution is 0.323. The number of hydrogen-bond acceptors (Lipinski definition) is 3. The SMILES string of the molecule is NCc1ccc2c(c1)NCCO2. The third-order valence-electron chi connectivity index (χ3n) is 1.95. The molecule has 3 N–H and O–H groups in total. The highest BCUT2D eigenvalue weighted by Gasteiger charge is 2.08. The number of rotatable bonds is 1. The molecular formula is C9H12N2O. The fraction of sp³-hybridized carbons (Fsp3) is 0.333. The Morgan fingerprint density at radius 3 is 3.25 bits per heavy atom. The van der Waals surface area contributed by atoms with Crippen molar-refractivity contribution in [2.75, 3.05) is 18.5 Å². The monoisotopic (exact) mass is 164 g/mol. The Morgan fingerprint density at radius 2 is 2.42 bits per heavy atom. The molecule has 0 amide bonds. The van der Waals surface area contributed by atoms with Crippen LogP contribution in [-0.4, -0.2) is 13.2 Å². The number of benzene rings is 1. The van der Waals surface area contributed by atoms with Crippen LogP contribution in [0.25, 0.3) is 0 Å². The molecule has 64 valence electrons. The van der Waals surface area contributed by atoms with E-state index in [0.29, 0.717) is 6.54 Å². The van der Waals surface area contributed by atoms with E-state index in [4.69, 9.17) is 10.5 Å². The van der Waals surface area contributed by atoms with Crippen LogP contribution in [0.5, 0.6) is 5.75 Å². The Bertz CT molecular complexity index is 286. The summed E-state index contributed by atoms with van der Waals surface area (Å²) in [5.41, 5.74) is 7.71. The van der Waals surface area contributed by atoms with Crippen LogP contribution in [0.15, 0.2) is 18.2 Å². The standard InChI is InChI=1S/C9H12N2O/c10-6-7-1-2-9-8(5-7)11-3-4-12-9/h1-2,5,11H,3-4,6,10H2. The summed E-state index contributed by atoms with van der Waals surface area (Å²) in [4.78, 5) is 0. The van der Waals surface area contributed by atoms with Gasteiger partial charge in [0.25, 0.3) is 0 Å². The minimum Gasteiger partial charge on any atom is -0.490 e. The van der Waals surface area contributed by atoms with Crippen LogP contribution in [0.4, 0.5) is 5.69 Å². The molecule has 3 heteroatoms. The molecule has 12 heavy (non-hydrogen) atoms. The fourth-order valence-electron chi connectivity index (χ4n) is 1.31. The van der Waals surface area contributed by atoms with Crippen molar-refractivity contribution >= 4 is 5.69 Å². The average Bonchev–Trinajstić information content (AvgIpc) is 2.17. The molecule has 2 rings (SSSR count). The molecule has 1 heterocycles. The van der Waals surface area contributed by atoms with Crippen LogP contribution in [-0.2, 0) is 6.54 Å². The summed E-state index contributed by atoms with van der Waals surface area (Å²) in [5, 5.41) is 3.26. The number of nitrogens with two attached hydrogens (primary N) is 1. The van der Waals surface area contributed by atoms with Gasteiger partial charge in [-0.15, -0.1) is 0 Å². The van der Waals surface area contributed by atoms with Gasteiger partial charge in [0.2, 0.25) is 0 Å². The fourth-order valence-corrected chi connectivity index (χ4v) is 1.31. The highest BCUT2D eigenvalue weighted by atomic mass is 16.5. The third kappa shape index (κ3) is 1.23. The third-order valence-corrected chi connectivity index (χ3v) is 1.95. The number of hydrogen-bond donors (Lipinski definition) is 2. The molecule has 1 aromatic carbocycles. The van der Waals surface area contributed by atoms with E-state index in [-0.39, 0.29) is 0 Å². The average molecular weight is 164 g/mol. The van der Waals surface area contributed by atoms with Crippen LogP contribution < -0.4 is 15.8 Å². The van der Waals surface area contributed by atoms with E-state index in [1.165, 1.54) is 0 Å². The van der Waals surface area contributed by atoms with E-state index in [1.807, 2.05) is 18.2 Å². The zero-order valence-electron chi connectivity index (χ0n) is 6.84. The van der Waals surface area contributed by atoms with Crippen LogP contribution in [0.2, 0.25) is 0 Å². The lowest BCUT2D eigenvalue weighted by Crippen LogP contribution is -2.18. The number of ether oxygens (including phenoxy) is 1. The highest BCUT2D eigenvalue weighted by molar-refractivity contribution is 5.59. The Kier molecular flexibility index (Phi) is 1.87. The van der Waals surface area contributed by atoms with Crippen LogP contribution >= 0.6 is 0 Å². The molecule has 0 spiro atoms. The molecule has 0 unspecified atom stereocenters. The molecule has 0 saturated heterocycles. The molecule has 0 bridgehead atoms. The number of fused-ring (bicyclic) bond motifs is 1. The summed E-state index contributed by atoms with van der Waals surface area (Å²) >= 11 is 0. The summed E-state index contributed by atoms with van der Waals surface area (Å²) in [7, 11) is 0. The minimum absolute atomic E-state index is 0.578. The zero-order valence-corrected chi connectivity index (χ0v) is 6.84. The molecule has 0 atom stereocenters. The first kappa shape index (κ1) is 7.43. The zero-order chi connectivity index (χ0) is 8.39. The van der Waals surface area contributed by atoms with E-state index in [2.05, 4.69) is 5.32 Å². The predicted molar refractivity (Wildman–Crippen MR) is 48.3 cm³/mol. The predicted octanol–water partition coefficient (Wildman–Crippen LogP) is 0.950. The van der Waals surface area contributed by atoms with Crippen molar-refractivity contribution in [3.63, 3.8) is 0 Å². The normalized spacial score (nSPS) is 14.4. The Hall–Kier alpha value is -1.22. The molecule has 1 aromatic rings. The van der Waals surface area contributed by atoms with Crippen molar-refractivity contribution < 1.29 is 4.74 Å². The van der Waals surface area contributed by atoms with Crippen molar-refractivity contribution in [3.8, 4) is 5.75 Å². The molecule has 0 radical (unpaired) electrons. The number of nitrogens with one attached hydrogen (secondary N) is 1. The van der Waals surface area contributed by atoms with Gasteiger partial charge in [-0.1, -0.05) is 6.07 Å². The van der Waals surface area contributed by atoms with Gasteiger partial charge >= 0.3 is 0 Å². The van der Waals surface area contributed by atoms with Gasteiger partial charge in [-0.2, -0.15) is 0 Å². The van der Waals surface area contributed by atoms with Crippen LogP contribution in [0, 0.1) is 0 Å². The van der Waals surface area contributed by atoms with Gasteiger partial charge in [0.1, 0.15) is 12.4 Å². The first-order valence-electron chi connectivity index (χ1n) is 4.10. The summed E-state index contributed by atoms with van der Waals surface area (Å²) in [6, 6.07) is 5.99. The van der Waals surface area contributed by atoms with Crippen LogP contribution in [0.1, 0.15) is 5.56 Å². The van der Waals surface area contributed by atoms with Gasteiger partial charge in [-0.25, -0.2) is 0 Å². The quantitative estimate of drug-likeness (QED) is 0.649. The van der Waals surface area contributed by atoms with Gasteiger partial charge in [0, 0.05) is 13.1 Å². The second-order valence-corrected chi connectivity index (χ2v) is 2.81. The van der Waals surface area contributed by atoms with E-state index in [1.54, 1.807) is 0 Å². The molecule has 1 aliphatic heterocycles. The molecule has 0 saturated carbocycles. The van der Waals surface area contributed by atoms with Gasteiger partial charge < -0.3 is 15.8 Å². The van der Waals surface area contributed by atoms with Crippen molar-refractivity contribution in [2.24, 2.45) is 5.73 Å². The summed E-state index contributed by atoms with van der Waals surface area (Å²) in [5.74, 6) is 0.929. The largest absolute Gasteiger partial charge is 0.490 e. The van der Waals surface area contributed by atoms with Gasteiger partial charge in [-0.3, -0.25) is 0 Å². The van der Waals surface area contributed by atoms with Crippen molar-refractivity contribution in [2.45, 2.75) is 6.54 Å². The maximum atomic E-state index is 5.51. The molecule has 0 aromatic heterocycles. The Balaban J connectivity index is 2.36.